The highest BCUT2D eigenvalue weighted by Crippen LogP contribution is 2.66. The van der Waals surface area contributed by atoms with E-state index in [0.29, 0.717) is 41.9 Å². The average molecular weight is 353 g/mol. The number of ketones is 2. The largest absolute Gasteiger partial charge is 0.295 e. The van der Waals surface area contributed by atoms with Crippen molar-refractivity contribution in [1.82, 2.24) is 0 Å². The summed E-state index contributed by atoms with van der Waals surface area (Å²) in [5.74, 6) is 2.74. The van der Waals surface area contributed by atoms with Crippen LogP contribution in [-0.4, -0.2) is 11.6 Å². The maximum absolute atomic E-state index is 13.0. The van der Waals surface area contributed by atoms with Crippen LogP contribution in [0.4, 0.5) is 0 Å². The molecule has 2 nitrogen and oxygen atoms in total. The minimum Gasteiger partial charge on any atom is -0.295 e. The maximum atomic E-state index is 13.0. The third kappa shape index (κ3) is 2.37. The highest BCUT2D eigenvalue weighted by atomic mass is 16.1. The molecule has 0 spiro atoms. The molecule has 0 aliphatic heterocycles. The van der Waals surface area contributed by atoms with Crippen LogP contribution >= 0.6 is 0 Å². The normalized spacial score (nSPS) is 45.5. The molecule has 3 saturated carbocycles. The summed E-state index contributed by atoms with van der Waals surface area (Å²) < 4.78 is 0. The highest BCUT2D eigenvalue weighted by molar-refractivity contribution is 6.05. The fraction of sp³-hybridized carbons (Fsp3) is 0.667. The first-order chi connectivity index (χ1) is 12.3. The standard InChI is InChI=1S/C24H32O2/c1-5-6-15(2)18-7-8-19-17-14-22(26)21-13-16(25)9-11-24(21,4)20(17)10-12-23(18,19)3/h5-6,13,17-20H,1,7-12,14H2,2-4H3/b15-6+/t17?,18?,19?,20?,23-,24-/m1/s1. The van der Waals surface area contributed by atoms with Gasteiger partial charge in [-0.1, -0.05) is 38.2 Å². The second-order valence-corrected chi connectivity index (χ2v) is 9.77. The summed E-state index contributed by atoms with van der Waals surface area (Å²) >= 11 is 0. The van der Waals surface area contributed by atoms with Gasteiger partial charge >= 0.3 is 0 Å². The topological polar surface area (TPSA) is 34.1 Å². The molecule has 4 aliphatic rings. The summed E-state index contributed by atoms with van der Waals surface area (Å²) in [6.45, 7) is 10.9. The van der Waals surface area contributed by atoms with E-state index in [9.17, 15) is 9.59 Å². The van der Waals surface area contributed by atoms with Crippen molar-refractivity contribution in [3.05, 3.63) is 36.0 Å². The van der Waals surface area contributed by atoms with Crippen molar-refractivity contribution in [2.45, 2.75) is 65.7 Å². The molecule has 4 rings (SSSR count). The minimum atomic E-state index is -0.0701. The zero-order valence-electron chi connectivity index (χ0n) is 16.5. The summed E-state index contributed by atoms with van der Waals surface area (Å²) in [5.41, 5.74) is 2.56. The van der Waals surface area contributed by atoms with E-state index in [2.05, 4.69) is 33.4 Å². The Bertz CT molecular complexity index is 726. The molecule has 4 aliphatic carbocycles. The summed E-state index contributed by atoms with van der Waals surface area (Å²) in [6, 6.07) is 0. The lowest BCUT2D eigenvalue weighted by Gasteiger charge is -2.57. The molecule has 0 bridgehead atoms. The second kappa shape index (κ2) is 6.04. The predicted octanol–water partition coefficient (Wildman–Crippen LogP) is 5.45. The van der Waals surface area contributed by atoms with Crippen LogP contribution in [0.5, 0.6) is 0 Å². The molecule has 0 heterocycles. The molecule has 0 radical (unpaired) electrons. The first-order valence-corrected chi connectivity index (χ1v) is 10.4. The van der Waals surface area contributed by atoms with Gasteiger partial charge in [0.2, 0.25) is 0 Å². The molecule has 2 heteroatoms. The van der Waals surface area contributed by atoms with Gasteiger partial charge in [0.1, 0.15) is 0 Å². The smallest absolute Gasteiger partial charge is 0.159 e. The molecule has 0 aromatic rings. The van der Waals surface area contributed by atoms with Gasteiger partial charge in [-0.2, -0.15) is 0 Å². The summed E-state index contributed by atoms with van der Waals surface area (Å²) in [4.78, 5) is 24.9. The lowest BCUT2D eigenvalue weighted by atomic mass is 9.46. The molecule has 0 N–H and O–H groups in total. The van der Waals surface area contributed by atoms with Crippen LogP contribution in [0, 0.1) is 34.5 Å². The maximum Gasteiger partial charge on any atom is 0.159 e. The van der Waals surface area contributed by atoms with E-state index in [4.69, 9.17) is 0 Å². The van der Waals surface area contributed by atoms with Gasteiger partial charge in [0.25, 0.3) is 0 Å². The van der Waals surface area contributed by atoms with Crippen LogP contribution in [0.25, 0.3) is 0 Å². The van der Waals surface area contributed by atoms with E-state index in [0.717, 1.165) is 12.0 Å². The fourth-order valence-corrected chi connectivity index (χ4v) is 7.44. The Morgan fingerprint density at radius 3 is 2.65 bits per heavy atom. The molecule has 140 valence electrons. The Kier molecular flexibility index (Phi) is 4.17. The van der Waals surface area contributed by atoms with E-state index in [-0.39, 0.29) is 17.0 Å². The molecule has 4 unspecified atom stereocenters. The van der Waals surface area contributed by atoms with Crippen LogP contribution in [-0.2, 0) is 9.59 Å². The fourth-order valence-electron chi connectivity index (χ4n) is 7.44. The number of allylic oxidation sites excluding steroid dienone is 4. The van der Waals surface area contributed by atoms with Gasteiger partial charge in [0.15, 0.2) is 11.6 Å². The van der Waals surface area contributed by atoms with Crippen molar-refractivity contribution in [2.75, 3.05) is 0 Å². The van der Waals surface area contributed by atoms with Crippen molar-refractivity contribution >= 4 is 11.6 Å². The molecule has 26 heavy (non-hydrogen) atoms. The van der Waals surface area contributed by atoms with Crippen LogP contribution in [0.2, 0.25) is 0 Å². The van der Waals surface area contributed by atoms with Gasteiger partial charge in [-0.05, 0) is 79.6 Å². The number of rotatable bonds is 2. The number of hydrogen-bond donors (Lipinski definition) is 0. The molecule has 0 aromatic carbocycles. The third-order valence-electron chi connectivity index (χ3n) is 8.72. The third-order valence-corrected chi connectivity index (χ3v) is 8.72. The van der Waals surface area contributed by atoms with Crippen molar-refractivity contribution in [3.63, 3.8) is 0 Å². The average Bonchev–Trinajstić information content (AvgIpc) is 2.94. The monoisotopic (exact) mass is 352 g/mol. The van der Waals surface area contributed by atoms with Crippen molar-refractivity contribution in [3.8, 4) is 0 Å². The van der Waals surface area contributed by atoms with Gasteiger partial charge in [0, 0.05) is 18.4 Å². The Labute approximate surface area is 157 Å². The molecular weight excluding hydrogens is 320 g/mol. The quantitative estimate of drug-likeness (QED) is 0.620. The first-order valence-electron chi connectivity index (χ1n) is 10.4. The van der Waals surface area contributed by atoms with Gasteiger partial charge in [-0.25, -0.2) is 0 Å². The minimum absolute atomic E-state index is 0.0701. The van der Waals surface area contributed by atoms with E-state index in [1.54, 1.807) is 6.08 Å². The van der Waals surface area contributed by atoms with Crippen LogP contribution < -0.4 is 0 Å². The van der Waals surface area contributed by atoms with Gasteiger partial charge < -0.3 is 0 Å². The molecule has 0 amide bonds. The van der Waals surface area contributed by atoms with Crippen molar-refractivity contribution in [2.24, 2.45) is 34.5 Å². The van der Waals surface area contributed by atoms with Gasteiger partial charge in [-0.3, -0.25) is 9.59 Å². The van der Waals surface area contributed by atoms with Crippen molar-refractivity contribution in [1.29, 1.82) is 0 Å². The SMILES string of the molecule is C=C/C=C(\C)C1CCC2C3CC(=O)C4=CC(=O)CC[C@]4(C)C3CC[C@]12C. The number of Topliss-reactive ketones (excluding diaryl/α,β-unsaturated/α-hetero) is 1. The van der Waals surface area contributed by atoms with Crippen LogP contribution in [0.1, 0.15) is 65.7 Å². The predicted molar refractivity (Wildman–Crippen MR) is 105 cm³/mol. The molecular formula is C24H32O2. The van der Waals surface area contributed by atoms with Gasteiger partial charge in [-0.15, -0.1) is 0 Å². The highest BCUT2D eigenvalue weighted by Gasteiger charge is 2.60. The zero-order chi connectivity index (χ0) is 18.7. The lowest BCUT2D eigenvalue weighted by molar-refractivity contribution is -0.131. The number of fused-ring (bicyclic) bond motifs is 5. The van der Waals surface area contributed by atoms with E-state index in [1.165, 1.54) is 31.3 Å². The number of carbonyl (C=O) groups is 2. The number of hydrogen-bond acceptors (Lipinski definition) is 2. The van der Waals surface area contributed by atoms with Crippen molar-refractivity contribution < 1.29 is 9.59 Å². The van der Waals surface area contributed by atoms with E-state index < -0.39 is 0 Å². The van der Waals surface area contributed by atoms with Crippen LogP contribution in [0.15, 0.2) is 36.0 Å². The number of carbonyl (C=O) groups excluding carboxylic acids is 2. The summed E-state index contributed by atoms with van der Waals surface area (Å²) in [7, 11) is 0. The second-order valence-electron chi connectivity index (χ2n) is 9.77. The molecule has 0 saturated heterocycles. The molecule has 3 fully saturated rings. The molecule has 0 aromatic heterocycles. The Hall–Kier alpha value is -1.44. The zero-order valence-corrected chi connectivity index (χ0v) is 16.5. The lowest BCUT2D eigenvalue weighted by Crippen LogP contribution is -2.52. The summed E-state index contributed by atoms with van der Waals surface area (Å²) in [5, 5.41) is 0. The van der Waals surface area contributed by atoms with Gasteiger partial charge in [0.05, 0.1) is 0 Å². The summed E-state index contributed by atoms with van der Waals surface area (Å²) in [6.07, 6.45) is 12.9. The Balaban J connectivity index is 1.69. The van der Waals surface area contributed by atoms with E-state index >= 15 is 0 Å². The Morgan fingerprint density at radius 1 is 1.15 bits per heavy atom. The van der Waals surface area contributed by atoms with Crippen LogP contribution in [0.3, 0.4) is 0 Å². The van der Waals surface area contributed by atoms with E-state index in [1.807, 2.05) is 6.08 Å². The first kappa shape index (κ1) is 17.9. The Morgan fingerprint density at radius 2 is 1.92 bits per heavy atom. The molecule has 6 atom stereocenters.